The van der Waals surface area contributed by atoms with Gasteiger partial charge in [0.2, 0.25) is 106 Å². The number of primary amides is 1. The molecule has 3 heterocycles. The molecule has 15 atom stereocenters. The molecule has 0 radical (unpaired) electrons. The third-order valence-corrected chi connectivity index (χ3v) is 22.3. The number of aliphatic hydroxyl groups is 2. The van der Waals surface area contributed by atoms with Crippen molar-refractivity contribution in [3.63, 3.8) is 0 Å². The Bertz CT molecular complexity index is 4970. The number of aromatic hydroxyl groups is 1. The predicted molar refractivity (Wildman–Crippen MR) is 495 cm³/mol. The molecule has 1 aliphatic heterocycles. The number of nitrogens with one attached hydrogen (secondary N) is 18. The summed E-state index contributed by atoms with van der Waals surface area (Å²) in [6.45, 7) is 11.9. The number of likely N-dealkylation sites (tertiary alicyclic amines) is 1. The summed E-state index contributed by atoms with van der Waals surface area (Å²) >= 11 is 8.30. The molecule has 3 aromatic carbocycles. The van der Waals surface area contributed by atoms with E-state index in [1.54, 1.807) is 88.6 Å². The van der Waals surface area contributed by atoms with Crippen LogP contribution in [0.2, 0.25) is 0 Å². The first-order valence-corrected chi connectivity index (χ1v) is 45.3. The first-order chi connectivity index (χ1) is 63.3. The number of rotatable bonds is 54. The van der Waals surface area contributed by atoms with Crippen LogP contribution in [-0.4, -0.2) is 289 Å². The van der Waals surface area contributed by atoms with E-state index in [0.717, 1.165) is 6.92 Å². The van der Waals surface area contributed by atoms with E-state index >= 15 is 4.79 Å². The number of hydrogen-bond donors (Lipinski definition) is 26. The van der Waals surface area contributed by atoms with Crippen LogP contribution in [0.3, 0.4) is 0 Å². The first kappa shape index (κ1) is 110. The van der Waals surface area contributed by atoms with Crippen LogP contribution in [0.1, 0.15) is 131 Å². The van der Waals surface area contributed by atoms with Gasteiger partial charge in [-0.2, -0.15) is 25.3 Å². The number of carbonyl (C=O) groups is 19. The molecule has 26 N–H and O–H groups in total. The van der Waals surface area contributed by atoms with Crippen LogP contribution in [0.25, 0.3) is 21.8 Å². The number of carbonyl (C=O) groups excluding carboxylic acids is 18. The fourth-order valence-electron chi connectivity index (χ4n) is 14.6. The molecule has 134 heavy (non-hydrogen) atoms. The standard InChI is InChI=1S/C88H127N21O23S2/c1-43(2)28-55(89)76(120)105-66(42-134)84(128)100-58(25-26-68(90)113)79(123)104-64(40-110)83(127)101-59(29-44(3)4)77(121)94-38-71(116)107-73(46(7)8)86(130)108-74(48(10)111)87(131)103-63(31-49-21-23-52(112)24-22-49)88(132)109-27-15-20-67(109)85(129)95-37-70(115)98-61(32-50-34-91-56-18-13-11-16-53(50)56)81(125)102-60(30-45(5)6)80(124)97-47(9)75(119)93-36-69(114)99-62(33-51-35-92-57-19-14-12-17-54(51)57)82(126)106-65(41-133)78(122)96-39-72(117)118/h11-14,16-19,21-24,34-35,43-48,55,58-67,73-74,91-92,110-112,133-134H,15,20,25-33,36-42,89H2,1-10H3,(H2,90,113)(H,93,119)(H,94,121)(H,95,129)(H,96,122)(H,97,124)(H,98,115)(H,99,114)(H,100,128)(H,101,127)(H,102,125)(H,103,131)(H,104,123)(H,105,120)(H,106,126)(H,107,116)(H,108,130)(H,117,118)/t47-,48+,55-,58-,59-,60-,61-,62-,63-,64-,65-,66-,67-,73-,74-/m0/s1. The van der Waals surface area contributed by atoms with E-state index < -0.39 is 255 Å². The van der Waals surface area contributed by atoms with Crippen molar-refractivity contribution in [2.75, 3.05) is 50.8 Å². The Morgan fingerprint density at radius 1 is 0.448 bits per heavy atom. The maximum atomic E-state index is 15.0. The number of aromatic nitrogens is 2. The van der Waals surface area contributed by atoms with E-state index in [-0.39, 0.29) is 92.9 Å². The highest BCUT2D eigenvalue weighted by atomic mass is 32.1. The van der Waals surface area contributed by atoms with Gasteiger partial charge in [-0.1, -0.05) is 104 Å². The summed E-state index contributed by atoms with van der Waals surface area (Å²) in [7, 11) is 0. The number of amides is 18. The van der Waals surface area contributed by atoms with Gasteiger partial charge in [0.25, 0.3) is 0 Å². The summed E-state index contributed by atoms with van der Waals surface area (Å²) in [5.74, 6) is -19.7. The van der Waals surface area contributed by atoms with Crippen molar-refractivity contribution >= 4 is 159 Å². The number of para-hydroxylation sites is 2. The molecule has 0 bridgehead atoms. The van der Waals surface area contributed by atoms with Crippen molar-refractivity contribution in [1.29, 1.82) is 0 Å². The minimum atomic E-state index is -1.85. The lowest BCUT2D eigenvalue weighted by atomic mass is 10.0. The fourth-order valence-corrected chi connectivity index (χ4v) is 15.1. The van der Waals surface area contributed by atoms with Crippen molar-refractivity contribution in [1.82, 2.24) is 99.9 Å². The highest BCUT2D eigenvalue weighted by Gasteiger charge is 2.42. The van der Waals surface area contributed by atoms with Gasteiger partial charge in [0.15, 0.2) is 0 Å². The number of aliphatic carboxylic acids is 1. The highest BCUT2D eigenvalue weighted by molar-refractivity contribution is 7.80. The quantitative estimate of drug-likeness (QED) is 0.0163. The maximum absolute atomic E-state index is 15.0. The van der Waals surface area contributed by atoms with Crippen molar-refractivity contribution in [3.8, 4) is 5.75 Å². The van der Waals surface area contributed by atoms with Crippen molar-refractivity contribution in [2.24, 2.45) is 35.1 Å². The Hall–Kier alpha value is -13.0. The van der Waals surface area contributed by atoms with E-state index in [1.165, 1.54) is 49.9 Å². The van der Waals surface area contributed by atoms with E-state index in [1.807, 2.05) is 13.8 Å². The molecule has 2 aromatic heterocycles. The summed E-state index contributed by atoms with van der Waals surface area (Å²) in [6, 6.07) is -0.419. The number of carboxylic acids is 1. The number of phenolic OH excluding ortho intramolecular Hbond substituents is 1. The van der Waals surface area contributed by atoms with E-state index in [9.17, 15) is 102 Å². The molecule has 0 saturated carbocycles. The average molecular weight is 1910 g/mol. The minimum Gasteiger partial charge on any atom is -0.508 e. The zero-order valence-corrected chi connectivity index (χ0v) is 78.1. The lowest BCUT2D eigenvalue weighted by Crippen LogP contribution is -2.62. The Balaban J connectivity index is 1.09. The molecule has 6 rings (SSSR count). The number of nitrogens with zero attached hydrogens (tertiary/aromatic N) is 1. The minimum absolute atomic E-state index is 0.00732. The maximum Gasteiger partial charge on any atom is 0.322 e. The van der Waals surface area contributed by atoms with Crippen LogP contribution in [0.15, 0.2) is 85.2 Å². The van der Waals surface area contributed by atoms with Gasteiger partial charge in [0.05, 0.1) is 38.4 Å². The summed E-state index contributed by atoms with van der Waals surface area (Å²) in [5, 5.41) is 81.9. The molecule has 1 aliphatic rings. The van der Waals surface area contributed by atoms with Gasteiger partial charge in [-0.05, 0) is 117 Å². The second-order valence-electron chi connectivity index (χ2n) is 34.4. The van der Waals surface area contributed by atoms with Gasteiger partial charge in [0, 0.05) is 77.9 Å². The molecule has 18 amide bonds. The summed E-state index contributed by atoms with van der Waals surface area (Å²) in [4.78, 5) is 267. The third-order valence-electron chi connectivity index (χ3n) is 21.6. The molecular formula is C88H127N21O23S2. The van der Waals surface area contributed by atoms with Crippen LogP contribution >= 0.6 is 25.3 Å². The molecule has 1 fully saturated rings. The molecule has 44 nitrogen and oxygen atoms in total. The molecule has 0 aliphatic carbocycles. The number of benzene rings is 3. The second-order valence-corrected chi connectivity index (χ2v) is 35.1. The smallest absolute Gasteiger partial charge is 0.322 e. The third kappa shape index (κ3) is 34.9. The van der Waals surface area contributed by atoms with Crippen molar-refractivity contribution in [2.45, 2.75) is 224 Å². The van der Waals surface area contributed by atoms with Gasteiger partial charge >= 0.3 is 5.97 Å². The van der Waals surface area contributed by atoms with Gasteiger partial charge in [-0.25, -0.2) is 0 Å². The van der Waals surface area contributed by atoms with Crippen LogP contribution < -0.4 is 96.5 Å². The van der Waals surface area contributed by atoms with Crippen molar-refractivity contribution in [3.05, 3.63) is 102 Å². The van der Waals surface area contributed by atoms with Crippen LogP contribution in [0.5, 0.6) is 5.75 Å². The zero-order chi connectivity index (χ0) is 99.5. The number of phenols is 1. The Morgan fingerprint density at radius 3 is 1.38 bits per heavy atom. The van der Waals surface area contributed by atoms with Crippen LogP contribution in [0, 0.1) is 23.7 Å². The molecule has 46 heteroatoms. The Morgan fingerprint density at radius 2 is 0.873 bits per heavy atom. The number of thiol groups is 2. The average Bonchev–Trinajstić information content (AvgIpc) is 1.63. The number of aromatic amines is 2. The van der Waals surface area contributed by atoms with Crippen LogP contribution in [0.4, 0.5) is 0 Å². The van der Waals surface area contributed by atoms with E-state index in [4.69, 9.17) is 16.6 Å². The van der Waals surface area contributed by atoms with Crippen LogP contribution in [-0.2, 0) is 110 Å². The number of fused-ring (bicyclic) bond motifs is 2. The normalized spacial score (nSPS) is 15.6. The summed E-state index contributed by atoms with van der Waals surface area (Å²) < 4.78 is 0. The van der Waals surface area contributed by atoms with Gasteiger partial charge in [0.1, 0.15) is 90.8 Å². The SMILES string of the molecule is CC(C)C[C@H](NC(=O)[C@H](CO)NC(=O)[C@H](CCC(N)=O)NC(=O)[C@H](CS)NC(=O)[C@@H](N)CC(C)C)C(=O)NCC(=O)N[C@H](C(=O)N[C@H](C(=O)N[C@@H](Cc1ccc(O)cc1)C(=O)N1CCC[C@H]1C(=O)NCC(=O)N[C@@H](Cc1c[nH]c2ccccc12)C(=O)N[C@@H](CC(C)C)C(=O)N[C@@H](C)C(=O)NCC(=O)N[C@@H](Cc1c[nH]c2ccccc12)C(=O)N[C@@H](CS)C(=O)NCC(=O)O)[C@@H](C)O)C(C)C. The molecule has 0 spiro atoms. The summed E-state index contributed by atoms with van der Waals surface area (Å²) in [6.07, 6.45) is 0.587. The number of aliphatic hydroxyl groups excluding tert-OH is 2. The molecule has 1 saturated heterocycles. The number of hydrogen-bond acceptors (Lipinski definition) is 25. The van der Waals surface area contributed by atoms with Crippen molar-refractivity contribution < 1.29 is 112 Å². The number of nitrogens with two attached hydrogens (primary N) is 2. The van der Waals surface area contributed by atoms with E-state index in [2.05, 4.69) is 120 Å². The lowest BCUT2D eigenvalue weighted by molar-refractivity contribution is -0.142. The van der Waals surface area contributed by atoms with Gasteiger partial charge in [-0.3, -0.25) is 91.1 Å². The number of H-pyrrole nitrogens is 2. The summed E-state index contributed by atoms with van der Waals surface area (Å²) in [5.41, 5.74) is 14.3. The molecule has 0 unspecified atom stereocenters. The molecule has 734 valence electrons. The monoisotopic (exact) mass is 1910 g/mol. The predicted octanol–water partition coefficient (Wildman–Crippen LogP) is -4.62. The Labute approximate surface area is 784 Å². The van der Waals surface area contributed by atoms with Gasteiger partial charge < -0.3 is 132 Å². The fraction of sp³-hybridized carbons (Fsp3) is 0.534. The lowest BCUT2D eigenvalue weighted by Gasteiger charge is -2.31. The molecular weight excluding hydrogens is 1780 g/mol. The first-order valence-electron chi connectivity index (χ1n) is 44.0. The Kier molecular flexibility index (Phi) is 44.0. The highest BCUT2D eigenvalue weighted by Crippen LogP contribution is 2.25. The zero-order valence-electron chi connectivity index (χ0n) is 76.3. The van der Waals surface area contributed by atoms with E-state index in [0.29, 0.717) is 38.5 Å². The topological polar surface area (TPSA) is 685 Å². The van der Waals surface area contributed by atoms with Gasteiger partial charge in [-0.15, -0.1) is 0 Å². The molecule has 5 aromatic rings. The largest absolute Gasteiger partial charge is 0.508 e. The second kappa shape index (κ2) is 53.7. The number of carboxylic acid groups (broad SMARTS) is 1.